The average molecular weight is 328 g/mol. The maximum Gasteiger partial charge on any atom is 0.303 e. The number of aliphatic carboxylic acids is 1. The summed E-state index contributed by atoms with van der Waals surface area (Å²) in [4.78, 5) is 23.1. The van der Waals surface area contributed by atoms with E-state index in [9.17, 15) is 14.7 Å². The van der Waals surface area contributed by atoms with Crippen LogP contribution >= 0.6 is 0 Å². The van der Waals surface area contributed by atoms with Gasteiger partial charge in [-0.1, -0.05) is 18.2 Å². The molecule has 1 unspecified atom stereocenters. The lowest BCUT2D eigenvalue weighted by molar-refractivity contribution is -0.141. The summed E-state index contributed by atoms with van der Waals surface area (Å²) < 4.78 is 5.33. The minimum Gasteiger partial charge on any atom is -0.508 e. The number of phenolic OH excluding ortho intramolecular Hbond substituents is 1. The van der Waals surface area contributed by atoms with Crippen molar-refractivity contribution in [2.45, 2.75) is 25.3 Å². The summed E-state index contributed by atoms with van der Waals surface area (Å²) in [6.45, 7) is 0. The molecular formula is C17H16N2O5. The van der Waals surface area contributed by atoms with Gasteiger partial charge in [0.1, 0.15) is 17.2 Å². The van der Waals surface area contributed by atoms with E-state index >= 15 is 0 Å². The lowest BCUT2D eigenvalue weighted by Crippen LogP contribution is -2.27. The van der Waals surface area contributed by atoms with Crippen molar-refractivity contribution in [1.29, 1.82) is 0 Å². The summed E-state index contributed by atoms with van der Waals surface area (Å²) in [5.41, 5.74) is 1.14. The third-order valence-electron chi connectivity index (χ3n) is 3.82. The van der Waals surface area contributed by atoms with Crippen LogP contribution < -0.4 is 0 Å². The van der Waals surface area contributed by atoms with Crippen LogP contribution in [0.3, 0.4) is 0 Å². The molecule has 0 saturated heterocycles. The van der Waals surface area contributed by atoms with Crippen molar-refractivity contribution in [3.63, 3.8) is 0 Å². The minimum atomic E-state index is -1.04. The van der Waals surface area contributed by atoms with Gasteiger partial charge >= 0.3 is 5.97 Å². The lowest BCUT2D eigenvalue weighted by Gasteiger charge is -2.22. The molecule has 7 heteroatoms. The van der Waals surface area contributed by atoms with Crippen LogP contribution in [0.1, 0.15) is 36.6 Å². The number of carbonyl (C=O) groups is 2. The van der Waals surface area contributed by atoms with Crippen molar-refractivity contribution in [3.8, 4) is 5.75 Å². The molecule has 0 saturated carbocycles. The normalized spacial score (nSPS) is 16.9. The molecule has 0 fully saturated rings. The topological polar surface area (TPSA) is 103 Å². The molecule has 3 rings (SSSR count). The van der Waals surface area contributed by atoms with Crippen molar-refractivity contribution in [2.75, 3.05) is 0 Å². The molecule has 1 aliphatic heterocycles. The molecule has 7 nitrogen and oxygen atoms in total. The Morgan fingerprint density at radius 1 is 1.21 bits per heavy atom. The van der Waals surface area contributed by atoms with E-state index in [1.165, 1.54) is 11.3 Å². The van der Waals surface area contributed by atoms with Crippen LogP contribution in [0.15, 0.2) is 52.2 Å². The van der Waals surface area contributed by atoms with Gasteiger partial charge in [0.15, 0.2) is 0 Å². The van der Waals surface area contributed by atoms with Gasteiger partial charge in [0.2, 0.25) is 5.91 Å². The quantitative estimate of drug-likeness (QED) is 0.878. The zero-order valence-electron chi connectivity index (χ0n) is 12.8. The fraction of sp³-hybridized carbons (Fsp3) is 0.235. The van der Waals surface area contributed by atoms with Crippen LogP contribution in [-0.4, -0.2) is 32.8 Å². The molecule has 2 N–H and O–H groups in total. The number of hydrogen-bond acceptors (Lipinski definition) is 5. The van der Waals surface area contributed by atoms with Crippen molar-refractivity contribution in [2.24, 2.45) is 5.10 Å². The number of phenols is 1. The minimum absolute atomic E-state index is 0.0643. The smallest absolute Gasteiger partial charge is 0.303 e. The molecule has 1 aliphatic rings. The lowest BCUT2D eigenvalue weighted by atomic mass is 9.99. The first-order chi connectivity index (χ1) is 11.6. The van der Waals surface area contributed by atoms with Gasteiger partial charge in [-0.2, -0.15) is 5.10 Å². The zero-order valence-corrected chi connectivity index (χ0v) is 12.8. The Morgan fingerprint density at radius 2 is 2.00 bits per heavy atom. The van der Waals surface area contributed by atoms with Gasteiger partial charge in [-0.05, 0) is 18.2 Å². The summed E-state index contributed by atoms with van der Waals surface area (Å²) >= 11 is 0. The molecule has 24 heavy (non-hydrogen) atoms. The van der Waals surface area contributed by atoms with Crippen LogP contribution in [0.25, 0.3) is 0 Å². The third-order valence-corrected chi connectivity index (χ3v) is 3.82. The largest absolute Gasteiger partial charge is 0.508 e. The second-order valence-corrected chi connectivity index (χ2v) is 5.43. The van der Waals surface area contributed by atoms with E-state index in [1.807, 2.05) is 0 Å². The van der Waals surface area contributed by atoms with Crippen LogP contribution in [-0.2, 0) is 9.59 Å². The van der Waals surface area contributed by atoms with Gasteiger partial charge in [0.25, 0.3) is 0 Å². The maximum absolute atomic E-state index is 12.4. The Morgan fingerprint density at radius 3 is 2.67 bits per heavy atom. The first-order valence-electron chi connectivity index (χ1n) is 7.49. The number of hydrogen-bond donors (Lipinski definition) is 2. The van der Waals surface area contributed by atoms with Crippen LogP contribution in [0.2, 0.25) is 0 Å². The number of furan rings is 1. The summed E-state index contributed by atoms with van der Waals surface area (Å²) in [6.07, 6.45) is 1.47. The zero-order chi connectivity index (χ0) is 17.1. The highest BCUT2D eigenvalue weighted by molar-refractivity contribution is 6.01. The van der Waals surface area contributed by atoms with E-state index in [4.69, 9.17) is 9.52 Å². The van der Waals surface area contributed by atoms with Crippen LogP contribution in [0.5, 0.6) is 5.75 Å². The molecule has 0 spiro atoms. The molecule has 2 aromatic rings. The summed E-state index contributed by atoms with van der Waals surface area (Å²) in [5, 5.41) is 24.4. The highest BCUT2D eigenvalue weighted by atomic mass is 16.4. The van der Waals surface area contributed by atoms with Gasteiger partial charge in [0.05, 0.1) is 18.7 Å². The predicted molar refractivity (Wildman–Crippen MR) is 84.4 cm³/mol. The van der Waals surface area contributed by atoms with Crippen LogP contribution in [0.4, 0.5) is 0 Å². The fourth-order valence-electron chi connectivity index (χ4n) is 2.67. The van der Waals surface area contributed by atoms with E-state index < -0.39 is 17.9 Å². The van der Waals surface area contributed by atoms with E-state index in [1.54, 1.807) is 36.4 Å². The highest BCUT2D eigenvalue weighted by Gasteiger charge is 2.35. The van der Waals surface area contributed by atoms with E-state index in [2.05, 4.69) is 5.10 Å². The predicted octanol–water partition coefficient (Wildman–Crippen LogP) is 2.53. The molecule has 0 radical (unpaired) electrons. The molecule has 1 amide bonds. The number of rotatable bonds is 5. The Hall–Kier alpha value is -3.09. The fourth-order valence-corrected chi connectivity index (χ4v) is 2.67. The molecular weight excluding hydrogens is 312 g/mol. The molecule has 124 valence electrons. The first-order valence-corrected chi connectivity index (χ1v) is 7.49. The van der Waals surface area contributed by atoms with E-state index in [-0.39, 0.29) is 18.6 Å². The van der Waals surface area contributed by atoms with Crippen LogP contribution in [0, 0.1) is 0 Å². The van der Waals surface area contributed by atoms with Gasteiger partial charge in [-0.25, -0.2) is 5.01 Å². The average Bonchev–Trinajstić information content (AvgIpc) is 3.22. The monoisotopic (exact) mass is 328 g/mol. The summed E-state index contributed by atoms with van der Waals surface area (Å²) in [5.74, 6) is -0.845. The second-order valence-electron chi connectivity index (χ2n) is 5.43. The number of nitrogens with zero attached hydrogens (tertiary/aromatic N) is 2. The molecule has 0 aliphatic carbocycles. The maximum atomic E-state index is 12.4. The number of carbonyl (C=O) groups excluding carboxylic acids is 1. The second kappa shape index (κ2) is 6.57. The molecule has 1 aromatic carbocycles. The van der Waals surface area contributed by atoms with Crippen molar-refractivity contribution < 1.29 is 24.2 Å². The number of amides is 1. The molecule has 1 aromatic heterocycles. The number of benzene rings is 1. The number of hydrazone groups is 1. The summed E-state index contributed by atoms with van der Waals surface area (Å²) in [6, 6.07) is 9.69. The molecule has 0 bridgehead atoms. The van der Waals surface area contributed by atoms with Crippen molar-refractivity contribution in [3.05, 3.63) is 54.0 Å². The number of carboxylic acid groups (broad SMARTS) is 1. The van der Waals surface area contributed by atoms with Gasteiger partial charge < -0.3 is 14.6 Å². The Labute approximate surface area is 137 Å². The Balaban J connectivity index is 1.91. The van der Waals surface area contributed by atoms with E-state index in [0.29, 0.717) is 23.5 Å². The molecule has 1 atom stereocenters. The first kappa shape index (κ1) is 15.8. The highest BCUT2D eigenvalue weighted by Crippen LogP contribution is 2.37. The summed E-state index contributed by atoms with van der Waals surface area (Å²) in [7, 11) is 0. The number of aromatic hydroxyl groups is 1. The number of carboxylic acids is 1. The van der Waals surface area contributed by atoms with Gasteiger partial charge in [-0.15, -0.1) is 0 Å². The Kier molecular flexibility index (Phi) is 4.33. The molecule has 2 heterocycles. The third kappa shape index (κ3) is 3.15. The van der Waals surface area contributed by atoms with Gasteiger partial charge in [0, 0.05) is 18.4 Å². The van der Waals surface area contributed by atoms with Crippen molar-refractivity contribution >= 4 is 17.6 Å². The van der Waals surface area contributed by atoms with Gasteiger partial charge in [-0.3, -0.25) is 9.59 Å². The SMILES string of the molecule is O=C(O)CCC(=O)N1N=C(c2ccco2)CC1c1ccccc1O. The number of para-hydroxylation sites is 1. The van der Waals surface area contributed by atoms with Crippen molar-refractivity contribution in [1.82, 2.24) is 5.01 Å². The standard InChI is InChI=1S/C17H16N2O5/c20-14-5-2-1-4-11(14)13-10-12(15-6-3-9-24-15)18-19(13)16(21)7-8-17(22)23/h1-6,9,13,20H,7-8,10H2,(H,22,23). The Bertz CT molecular complexity index is 782. The van der Waals surface area contributed by atoms with E-state index in [0.717, 1.165) is 0 Å².